The van der Waals surface area contributed by atoms with Crippen LogP contribution in [0.15, 0.2) is 11.6 Å². The summed E-state index contributed by atoms with van der Waals surface area (Å²) >= 11 is 0. The van der Waals surface area contributed by atoms with Crippen LogP contribution in [0.4, 0.5) is 0 Å². The van der Waals surface area contributed by atoms with E-state index >= 15 is 0 Å². The third-order valence-electron chi connectivity index (χ3n) is 3.31. The molecule has 0 unspecified atom stereocenters. The molecule has 2 aliphatic rings. The summed E-state index contributed by atoms with van der Waals surface area (Å²) in [7, 11) is 2.15. The van der Waals surface area contributed by atoms with E-state index in [9.17, 15) is 4.79 Å². The fourth-order valence-electron chi connectivity index (χ4n) is 2.56. The number of fused-ring (bicyclic) bond motifs is 2. The van der Waals surface area contributed by atoms with Crippen LogP contribution in [0.1, 0.15) is 25.7 Å². The average Bonchev–Trinajstić information content (AvgIpc) is 2.33. The van der Waals surface area contributed by atoms with Gasteiger partial charge in [0.2, 0.25) is 0 Å². The van der Waals surface area contributed by atoms with E-state index in [0.29, 0.717) is 12.1 Å². The Labute approximate surface area is 78.0 Å². The molecular weight excluding hydrogens is 166 g/mol. The molecule has 0 radical (unpaired) electrons. The van der Waals surface area contributed by atoms with Crippen LogP contribution in [0, 0.1) is 0 Å². The fourth-order valence-corrected chi connectivity index (χ4v) is 2.56. The summed E-state index contributed by atoms with van der Waals surface area (Å²) in [6.07, 6.45) is 5.78. The maximum Gasteiger partial charge on any atom is 0.328 e. The van der Waals surface area contributed by atoms with Crippen molar-refractivity contribution < 1.29 is 9.90 Å². The topological polar surface area (TPSA) is 40.5 Å². The zero-order chi connectivity index (χ0) is 9.42. The van der Waals surface area contributed by atoms with Crippen molar-refractivity contribution in [1.29, 1.82) is 0 Å². The van der Waals surface area contributed by atoms with Gasteiger partial charge in [0.25, 0.3) is 0 Å². The van der Waals surface area contributed by atoms with Crippen LogP contribution in [0.25, 0.3) is 0 Å². The number of rotatable bonds is 1. The minimum Gasteiger partial charge on any atom is -0.478 e. The number of hydrogen-bond acceptors (Lipinski definition) is 2. The van der Waals surface area contributed by atoms with Crippen LogP contribution in [0.2, 0.25) is 0 Å². The molecule has 0 saturated carbocycles. The highest BCUT2D eigenvalue weighted by atomic mass is 16.4. The summed E-state index contributed by atoms with van der Waals surface area (Å²) in [5.74, 6) is -0.793. The first-order chi connectivity index (χ1) is 6.16. The van der Waals surface area contributed by atoms with Crippen molar-refractivity contribution in [2.45, 2.75) is 37.8 Å². The summed E-state index contributed by atoms with van der Waals surface area (Å²) in [6, 6.07) is 1.20. The van der Waals surface area contributed by atoms with E-state index in [4.69, 9.17) is 5.11 Å². The molecule has 1 N–H and O–H groups in total. The average molecular weight is 181 g/mol. The Balaban J connectivity index is 2.11. The van der Waals surface area contributed by atoms with E-state index in [0.717, 1.165) is 18.4 Å². The van der Waals surface area contributed by atoms with Gasteiger partial charge >= 0.3 is 5.97 Å². The predicted octanol–water partition coefficient (Wildman–Crippen LogP) is 1.25. The molecule has 0 spiro atoms. The van der Waals surface area contributed by atoms with E-state index in [-0.39, 0.29) is 0 Å². The van der Waals surface area contributed by atoms with Gasteiger partial charge in [-0.05, 0) is 32.7 Å². The van der Waals surface area contributed by atoms with Crippen LogP contribution >= 0.6 is 0 Å². The zero-order valence-electron chi connectivity index (χ0n) is 7.86. The molecule has 72 valence electrons. The highest BCUT2D eigenvalue weighted by Crippen LogP contribution is 2.36. The standard InChI is InChI=1S/C10H15NO2/c1-11-8-2-3-9(11)5-7(4-8)6-10(12)13/h6,8-9H,2-5H2,1H3,(H,12,13)/t8-,9-/m1/s1. The second kappa shape index (κ2) is 3.14. The van der Waals surface area contributed by atoms with E-state index in [1.54, 1.807) is 0 Å². The minimum absolute atomic E-state index is 0.601. The lowest BCUT2D eigenvalue weighted by Crippen LogP contribution is -2.37. The summed E-state index contributed by atoms with van der Waals surface area (Å²) in [6.45, 7) is 0. The van der Waals surface area contributed by atoms with Gasteiger partial charge in [0.1, 0.15) is 0 Å². The molecule has 2 saturated heterocycles. The Morgan fingerprint density at radius 3 is 2.46 bits per heavy atom. The van der Waals surface area contributed by atoms with Crippen molar-refractivity contribution >= 4 is 5.97 Å². The Bertz CT molecular complexity index is 244. The van der Waals surface area contributed by atoms with Crippen molar-refractivity contribution in [3.63, 3.8) is 0 Å². The quantitative estimate of drug-likeness (QED) is 0.619. The van der Waals surface area contributed by atoms with Gasteiger partial charge in [0.05, 0.1) is 0 Å². The molecule has 13 heavy (non-hydrogen) atoms. The zero-order valence-corrected chi connectivity index (χ0v) is 7.86. The number of hydrogen-bond donors (Lipinski definition) is 1. The second-order valence-corrected chi connectivity index (χ2v) is 4.10. The Hall–Kier alpha value is -0.830. The highest BCUT2D eigenvalue weighted by Gasteiger charge is 2.35. The Morgan fingerprint density at radius 2 is 2.00 bits per heavy atom. The molecular formula is C10H15NO2. The Morgan fingerprint density at radius 1 is 1.46 bits per heavy atom. The molecule has 2 heterocycles. The van der Waals surface area contributed by atoms with E-state index in [1.807, 2.05) is 0 Å². The van der Waals surface area contributed by atoms with E-state index in [2.05, 4.69) is 11.9 Å². The number of carboxylic acid groups (broad SMARTS) is 1. The van der Waals surface area contributed by atoms with Crippen LogP contribution < -0.4 is 0 Å². The maximum atomic E-state index is 10.5. The van der Waals surface area contributed by atoms with Crippen molar-refractivity contribution in [3.05, 3.63) is 11.6 Å². The lowest BCUT2D eigenvalue weighted by atomic mass is 9.97. The molecule has 0 aromatic carbocycles. The van der Waals surface area contributed by atoms with Crippen molar-refractivity contribution in [2.75, 3.05) is 7.05 Å². The molecule has 3 nitrogen and oxygen atoms in total. The first kappa shape index (κ1) is 8.75. The highest BCUT2D eigenvalue weighted by molar-refractivity contribution is 5.80. The Kier molecular flexibility index (Phi) is 2.12. The third-order valence-corrected chi connectivity index (χ3v) is 3.31. The van der Waals surface area contributed by atoms with Gasteiger partial charge in [-0.15, -0.1) is 0 Å². The molecule has 2 rings (SSSR count). The lowest BCUT2D eigenvalue weighted by Gasteiger charge is -2.32. The van der Waals surface area contributed by atoms with Gasteiger partial charge in [-0.3, -0.25) is 4.90 Å². The number of aliphatic carboxylic acids is 1. The number of carbonyl (C=O) groups is 1. The van der Waals surface area contributed by atoms with Gasteiger partial charge in [-0.1, -0.05) is 5.57 Å². The fraction of sp³-hybridized carbons (Fsp3) is 0.700. The molecule has 2 bridgehead atoms. The molecule has 2 atom stereocenters. The van der Waals surface area contributed by atoms with E-state index < -0.39 is 5.97 Å². The lowest BCUT2D eigenvalue weighted by molar-refractivity contribution is -0.131. The minimum atomic E-state index is -0.793. The second-order valence-electron chi connectivity index (χ2n) is 4.10. The number of nitrogens with zero attached hydrogens (tertiary/aromatic N) is 1. The van der Waals surface area contributed by atoms with Crippen molar-refractivity contribution in [1.82, 2.24) is 4.90 Å². The van der Waals surface area contributed by atoms with Gasteiger partial charge in [-0.2, -0.15) is 0 Å². The van der Waals surface area contributed by atoms with Crippen LogP contribution in [0.3, 0.4) is 0 Å². The summed E-state index contributed by atoms with van der Waals surface area (Å²) in [4.78, 5) is 12.9. The van der Waals surface area contributed by atoms with Crippen molar-refractivity contribution in [3.8, 4) is 0 Å². The molecule has 0 aromatic heterocycles. The first-order valence-electron chi connectivity index (χ1n) is 4.81. The molecule has 2 aliphatic heterocycles. The summed E-state index contributed by atoms with van der Waals surface area (Å²) in [5, 5.41) is 8.63. The molecule has 0 aliphatic carbocycles. The van der Waals surface area contributed by atoms with E-state index in [1.165, 1.54) is 18.9 Å². The van der Waals surface area contributed by atoms with Gasteiger partial charge in [0, 0.05) is 18.2 Å². The van der Waals surface area contributed by atoms with Gasteiger partial charge in [-0.25, -0.2) is 4.79 Å². The van der Waals surface area contributed by atoms with Crippen LogP contribution in [-0.2, 0) is 4.79 Å². The molecule has 0 aromatic rings. The third kappa shape index (κ3) is 1.61. The first-order valence-corrected chi connectivity index (χ1v) is 4.81. The molecule has 0 amide bonds. The smallest absolute Gasteiger partial charge is 0.328 e. The molecule has 3 heteroatoms. The van der Waals surface area contributed by atoms with Crippen molar-refractivity contribution in [2.24, 2.45) is 0 Å². The number of carboxylic acids is 1. The largest absolute Gasteiger partial charge is 0.478 e. The summed E-state index contributed by atoms with van der Waals surface area (Å²) in [5.41, 5.74) is 1.12. The van der Waals surface area contributed by atoms with Gasteiger partial charge in [0.15, 0.2) is 0 Å². The van der Waals surface area contributed by atoms with Crippen LogP contribution in [-0.4, -0.2) is 35.1 Å². The predicted molar refractivity (Wildman–Crippen MR) is 49.5 cm³/mol. The van der Waals surface area contributed by atoms with Gasteiger partial charge < -0.3 is 5.11 Å². The van der Waals surface area contributed by atoms with Crippen LogP contribution in [0.5, 0.6) is 0 Å². The maximum absolute atomic E-state index is 10.5. The summed E-state index contributed by atoms with van der Waals surface area (Å²) < 4.78 is 0. The monoisotopic (exact) mass is 181 g/mol. The SMILES string of the molecule is CN1[C@@H]2CC[C@@H]1CC(=CC(=O)O)C2. The molecule has 2 fully saturated rings. The normalized spacial score (nSPS) is 33.5. The number of piperidine rings is 1.